The molecule has 2 rings (SSSR count). The summed E-state index contributed by atoms with van der Waals surface area (Å²) in [6, 6.07) is 4.70. The van der Waals surface area contributed by atoms with Crippen molar-refractivity contribution in [1.29, 1.82) is 0 Å². The number of esters is 1. The van der Waals surface area contributed by atoms with Gasteiger partial charge < -0.3 is 24.8 Å². The second-order valence-corrected chi connectivity index (χ2v) is 6.01. The fourth-order valence-corrected chi connectivity index (χ4v) is 1.95. The third-order valence-corrected chi connectivity index (χ3v) is 3.78. The largest absolute Gasteiger partial charge is 0.454 e. The molecule has 1 heterocycles. The summed E-state index contributed by atoms with van der Waals surface area (Å²) in [5.74, 6) is -0.198. The van der Waals surface area contributed by atoms with Gasteiger partial charge in [0.25, 0.3) is 11.8 Å². The van der Waals surface area contributed by atoms with Crippen molar-refractivity contribution in [2.75, 3.05) is 19.9 Å². The molecule has 0 aromatic heterocycles. The van der Waals surface area contributed by atoms with Gasteiger partial charge in [0.15, 0.2) is 18.1 Å². The van der Waals surface area contributed by atoms with Gasteiger partial charge in [-0.15, -0.1) is 0 Å². The SMILES string of the molecule is CC(C)[C@@H](C)NC(=O)COC(=O)CNC(=O)c1ccc2c(c1)OCO2. The second-order valence-electron chi connectivity index (χ2n) is 6.01. The van der Waals surface area contributed by atoms with E-state index in [4.69, 9.17) is 14.2 Å². The summed E-state index contributed by atoms with van der Waals surface area (Å²) >= 11 is 0. The summed E-state index contributed by atoms with van der Waals surface area (Å²) in [6.45, 7) is 5.22. The lowest BCUT2D eigenvalue weighted by molar-refractivity contribution is -0.147. The molecule has 1 aromatic carbocycles. The topological polar surface area (TPSA) is 103 Å². The number of fused-ring (bicyclic) bond motifs is 1. The minimum Gasteiger partial charge on any atom is -0.454 e. The van der Waals surface area contributed by atoms with Crippen LogP contribution in [0.3, 0.4) is 0 Å². The van der Waals surface area contributed by atoms with Crippen LogP contribution in [0.5, 0.6) is 11.5 Å². The van der Waals surface area contributed by atoms with Crippen molar-refractivity contribution in [2.45, 2.75) is 26.8 Å². The fraction of sp³-hybridized carbons (Fsp3) is 0.471. The molecule has 1 atom stereocenters. The molecular weight excluding hydrogens is 328 g/mol. The third kappa shape index (κ3) is 5.37. The summed E-state index contributed by atoms with van der Waals surface area (Å²) in [6.07, 6.45) is 0. The zero-order valence-electron chi connectivity index (χ0n) is 14.5. The number of benzene rings is 1. The fourth-order valence-electron chi connectivity index (χ4n) is 1.95. The molecule has 136 valence electrons. The molecule has 1 aromatic rings. The molecule has 1 aliphatic heterocycles. The molecule has 0 fully saturated rings. The first-order valence-electron chi connectivity index (χ1n) is 7.99. The Hall–Kier alpha value is -2.77. The van der Waals surface area contributed by atoms with E-state index in [1.54, 1.807) is 12.1 Å². The maximum absolute atomic E-state index is 12.0. The van der Waals surface area contributed by atoms with Crippen LogP contribution in [0.2, 0.25) is 0 Å². The van der Waals surface area contributed by atoms with E-state index in [2.05, 4.69) is 10.6 Å². The highest BCUT2D eigenvalue weighted by atomic mass is 16.7. The van der Waals surface area contributed by atoms with Crippen LogP contribution >= 0.6 is 0 Å². The van der Waals surface area contributed by atoms with Crippen molar-refractivity contribution in [3.05, 3.63) is 23.8 Å². The average Bonchev–Trinajstić information content (AvgIpc) is 3.05. The minimum atomic E-state index is -0.693. The number of hydrogen-bond donors (Lipinski definition) is 2. The molecule has 2 amide bonds. The van der Waals surface area contributed by atoms with Crippen LogP contribution in [0.1, 0.15) is 31.1 Å². The van der Waals surface area contributed by atoms with Crippen LogP contribution in [0, 0.1) is 5.92 Å². The van der Waals surface area contributed by atoms with Crippen molar-refractivity contribution in [2.24, 2.45) is 5.92 Å². The van der Waals surface area contributed by atoms with Crippen LogP contribution < -0.4 is 20.1 Å². The van der Waals surface area contributed by atoms with Gasteiger partial charge >= 0.3 is 5.97 Å². The highest BCUT2D eigenvalue weighted by Crippen LogP contribution is 2.32. The first kappa shape index (κ1) is 18.6. The Morgan fingerprint density at radius 2 is 1.88 bits per heavy atom. The monoisotopic (exact) mass is 350 g/mol. The Labute approximate surface area is 145 Å². The van der Waals surface area contributed by atoms with Gasteiger partial charge in [0, 0.05) is 11.6 Å². The van der Waals surface area contributed by atoms with E-state index in [9.17, 15) is 14.4 Å². The first-order chi connectivity index (χ1) is 11.9. The Kier molecular flexibility index (Phi) is 6.21. The summed E-state index contributed by atoms with van der Waals surface area (Å²) in [5.41, 5.74) is 0.334. The molecule has 0 saturated carbocycles. The number of amides is 2. The predicted molar refractivity (Wildman–Crippen MR) is 88.3 cm³/mol. The van der Waals surface area contributed by atoms with Crippen LogP contribution in [0.25, 0.3) is 0 Å². The molecule has 0 bridgehead atoms. The number of rotatable bonds is 7. The summed E-state index contributed by atoms with van der Waals surface area (Å²) in [5, 5.41) is 5.15. The van der Waals surface area contributed by atoms with Crippen molar-refractivity contribution in [1.82, 2.24) is 10.6 Å². The Bertz CT molecular complexity index is 659. The van der Waals surface area contributed by atoms with Crippen LogP contribution in [0.4, 0.5) is 0 Å². The minimum absolute atomic E-state index is 0.0167. The van der Waals surface area contributed by atoms with Crippen molar-refractivity contribution in [3.8, 4) is 11.5 Å². The van der Waals surface area contributed by atoms with E-state index in [1.807, 2.05) is 20.8 Å². The van der Waals surface area contributed by atoms with E-state index in [0.717, 1.165) is 0 Å². The van der Waals surface area contributed by atoms with Gasteiger partial charge in [-0.25, -0.2) is 0 Å². The van der Waals surface area contributed by atoms with Gasteiger partial charge in [-0.3, -0.25) is 14.4 Å². The molecule has 8 heteroatoms. The van der Waals surface area contributed by atoms with Crippen LogP contribution in [0.15, 0.2) is 18.2 Å². The van der Waals surface area contributed by atoms with Crippen molar-refractivity contribution in [3.63, 3.8) is 0 Å². The smallest absolute Gasteiger partial charge is 0.325 e. The summed E-state index contributed by atoms with van der Waals surface area (Å²) in [7, 11) is 0. The number of carbonyl (C=O) groups is 3. The molecule has 0 unspecified atom stereocenters. The highest BCUT2D eigenvalue weighted by molar-refractivity contribution is 5.96. The first-order valence-corrected chi connectivity index (χ1v) is 7.99. The van der Waals surface area contributed by atoms with Crippen molar-refractivity contribution >= 4 is 17.8 Å². The zero-order valence-corrected chi connectivity index (χ0v) is 14.5. The molecule has 0 aliphatic carbocycles. The van der Waals surface area contributed by atoms with Gasteiger partial charge in [-0.1, -0.05) is 13.8 Å². The van der Waals surface area contributed by atoms with Gasteiger partial charge in [0.1, 0.15) is 6.54 Å². The number of hydrogen-bond acceptors (Lipinski definition) is 6. The van der Waals surface area contributed by atoms with Gasteiger partial charge in [-0.2, -0.15) is 0 Å². The molecule has 0 spiro atoms. The maximum atomic E-state index is 12.0. The van der Waals surface area contributed by atoms with Gasteiger partial charge in [0.05, 0.1) is 0 Å². The van der Waals surface area contributed by atoms with Gasteiger partial charge in [-0.05, 0) is 31.0 Å². The van der Waals surface area contributed by atoms with E-state index >= 15 is 0 Å². The summed E-state index contributed by atoms with van der Waals surface area (Å²) in [4.78, 5) is 35.3. The predicted octanol–water partition coefficient (Wildman–Crippen LogP) is 0.849. The van der Waals surface area contributed by atoms with E-state index in [0.29, 0.717) is 17.1 Å². The van der Waals surface area contributed by atoms with E-state index < -0.39 is 11.9 Å². The third-order valence-electron chi connectivity index (χ3n) is 3.78. The average molecular weight is 350 g/mol. The molecule has 8 nitrogen and oxygen atoms in total. The van der Waals surface area contributed by atoms with Crippen LogP contribution in [-0.2, 0) is 14.3 Å². The molecule has 2 N–H and O–H groups in total. The number of ether oxygens (including phenoxy) is 3. The lowest BCUT2D eigenvalue weighted by Gasteiger charge is -2.17. The number of carbonyl (C=O) groups excluding carboxylic acids is 3. The summed E-state index contributed by atoms with van der Waals surface area (Å²) < 4.78 is 15.2. The quantitative estimate of drug-likeness (QED) is 0.707. The standard InChI is InChI=1S/C17H22N2O6/c1-10(2)11(3)19-15(20)8-23-16(21)7-18-17(22)12-4-5-13-14(6-12)25-9-24-13/h4-6,10-11H,7-9H2,1-3H3,(H,18,22)(H,19,20)/t11-/m1/s1. The molecule has 0 radical (unpaired) electrons. The molecular formula is C17H22N2O6. The van der Waals surface area contributed by atoms with E-state index in [-0.39, 0.29) is 37.8 Å². The molecule has 25 heavy (non-hydrogen) atoms. The Balaban J connectivity index is 1.72. The second kappa shape index (κ2) is 8.36. The zero-order chi connectivity index (χ0) is 18.4. The normalized spacial score (nSPS) is 13.3. The lowest BCUT2D eigenvalue weighted by Crippen LogP contribution is -2.39. The van der Waals surface area contributed by atoms with Crippen molar-refractivity contribution < 1.29 is 28.6 Å². The molecule has 1 aliphatic rings. The molecule has 0 saturated heterocycles. The number of nitrogens with one attached hydrogen (secondary N) is 2. The Morgan fingerprint density at radius 1 is 1.16 bits per heavy atom. The van der Waals surface area contributed by atoms with Crippen LogP contribution in [-0.4, -0.2) is 43.8 Å². The van der Waals surface area contributed by atoms with Gasteiger partial charge in [0.2, 0.25) is 6.79 Å². The van der Waals surface area contributed by atoms with E-state index in [1.165, 1.54) is 6.07 Å². The Morgan fingerprint density at radius 3 is 2.60 bits per heavy atom. The highest BCUT2D eigenvalue weighted by Gasteiger charge is 2.17. The maximum Gasteiger partial charge on any atom is 0.325 e. The lowest BCUT2D eigenvalue weighted by atomic mass is 10.1.